The average molecular weight is 308 g/mol. The summed E-state index contributed by atoms with van der Waals surface area (Å²) in [5.41, 5.74) is 1.16. The van der Waals surface area contributed by atoms with E-state index in [0.29, 0.717) is 6.54 Å². The average Bonchev–Trinajstić information content (AvgIpc) is 2.52. The molecule has 0 aliphatic carbocycles. The molecule has 1 aliphatic heterocycles. The molecule has 0 spiro atoms. The molecule has 0 radical (unpaired) electrons. The molecule has 1 fully saturated rings. The van der Waals surface area contributed by atoms with Crippen LogP contribution >= 0.6 is 11.8 Å². The molecule has 1 aliphatic rings. The first-order valence-corrected chi connectivity index (χ1v) is 8.68. The maximum absolute atomic E-state index is 11.4. The van der Waals surface area contributed by atoms with Gasteiger partial charge in [0.15, 0.2) is 5.17 Å². The van der Waals surface area contributed by atoms with Crippen molar-refractivity contribution in [1.29, 1.82) is 0 Å². The number of hydrogen-bond acceptors (Lipinski definition) is 3. The van der Waals surface area contributed by atoms with Crippen LogP contribution in [0.4, 0.5) is 0 Å². The van der Waals surface area contributed by atoms with E-state index in [1.54, 1.807) is 11.8 Å². The number of thioether (sulfide) groups is 1. The SMILES string of the molecule is CC.CC1CSC(=NCc2ccccc2)NC1=O.CCC. The van der Waals surface area contributed by atoms with E-state index in [1.807, 2.05) is 51.1 Å². The Hall–Kier alpha value is -1.29. The Bertz CT molecular complexity index is 418. The van der Waals surface area contributed by atoms with Gasteiger partial charge in [0.25, 0.3) is 0 Å². The lowest BCUT2D eigenvalue weighted by molar-refractivity contribution is -0.122. The number of hydrogen-bond donors (Lipinski definition) is 1. The summed E-state index contributed by atoms with van der Waals surface area (Å²) in [4.78, 5) is 15.8. The van der Waals surface area contributed by atoms with E-state index in [1.165, 1.54) is 6.42 Å². The normalized spacial score (nSPS) is 18.8. The highest BCUT2D eigenvalue weighted by Gasteiger charge is 2.21. The lowest BCUT2D eigenvalue weighted by atomic mass is 10.2. The third kappa shape index (κ3) is 8.56. The molecule has 118 valence electrons. The Morgan fingerprint density at radius 3 is 2.33 bits per heavy atom. The number of nitrogens with zero attached hydrogens (tertiary/aromatic N) is 1. The predicted octanol–water partition coefficient (Wildman–Crippen LogP) is 4.48. The van der Waals surface area contributed by atoms with Crippen LogP contribution in [0, 0.1) is 5.92 Å². The van der Waals surface area contributed by atoms with Crippen molar-refractivity contribution in [3.05, 3.63) is 35.9 Å². The van der Waals surface area contributed by atoms with Crippen molar-refractivity contribution in [3.63, 3.8) is 0 Å². The van der Waals surface area contributed by atoms with Crippen molar-refractivity contribution >= 4 is 22.8 Å². The molecule has 1 aromatic carbocycles. The molecule has 1 aromatic rings. The summed E-state index contributed by atoms with van der Waals surface area (Å²) in [6.07, 6.45) is 1.25. The van der Waals surface area contributed by atoms with Gasteiger partial charge in [0.1, 0.15) is 0 Å². The van der Waals surface area contributed by atoms with Crippen LogP contribution in [0.1, 0.15) is 46.6 Å². The number of benzene rings is 1. The summed E-state index contributed by atoms with van der Waals surface area (Å²) >= 11 is 1.61. The van der Waals surface area contributed by atoms with Crippen molar-refractivity contribution in [2.75, 3.05) is 5.75 Å². The van der Waals surface area contributed by atoms with Gasteiger partial charge in [-0.2, -0.15) is 0 Å². The summed E-state index contributed by atoms with van der Waals surface area (Å²) in [5.74, 6) is 0.977. The molecule has 4 heteroatoms. The Balaban J connectivity index is 0.000000713. The molecule has 1 heterocycles. The minimum atomic E-state index is 0.0746. The summed E-state index contributed by atoms with van der Waals surface area (Å²) in [5, 5.41) is 3.55. The number of aliphatic imine (C=N–C) groups is 1. The van der Waals surface area contributed by atoms with E-state index < -0.39 is 0 Å². The van der Waals surface area contributed by atoms with Crippen molar-refractivity contribution < 1.29 is 4.79 Å². The van der Waals surface area contributed by atoms with Gasteiger partial charge in [0.2, 0.25) is 5.91 Å². The number of carbonyl (C=O) groups excluding carboxylic acids is 1. The molecular weight excluding hydrogens is 280 g/mol. The van der Waals surface area contributed by atoms with Gasteiger partial charge in [-0.15, -0.1) is 0 Å². The number of nitrogens with one attached hydrogen (secondary N) is 1. The van der Waals surface area contributed by atoms with E-state index in [0.717, 1.165) is 16.5 Å². The van der Waals surface area contributed by atoms with E-state index in [4.69, 9.17) is 0 Å². The van der Waals surface area contributed by atoms with Gasteiger partial charge < -0.3 is 5.32 Å². The third-order valence-corrected chi connectivity index (χ3v) is 3.57. The smallest absolute Gasteiger partial charge is 0.229 e. The zero-order valence-corrected chi connectivity index (χ0v) is 14.7. The van der Waals surface area contributed by atoms with Crippen LogP contribution in [0.3, 0.4) is 0 Å². The Morgan fingerprint density at radius 2 is 1.81 bits per heavy atom. The zero-order valence-electron chi connectivity index (χ0n) is 13.8. The van der Waals surface area contributed by atoms with E-state index in [2.05, 4.69) is 24.2 Å². The molecule has 1 unspecified atom stereocenters. The largest absolute Gasteiger partial charge is 0.305 e. The van der Waals surface area contributed by atoms with Gasteiger partial charge in [-0.05, 0) is 5.56 Å². The molecule has 0 saturated carbocycles. The summed E-state index contributed by atoms with van der Waals surface area (Å²) in [7, 11) is 0. The van der Waals surface area contributed by atoms with Crippen molar-refractivity contribution in [2.24, 2.45) is 10.9 Å². The second kappa shape index (κ2) is 12.5. The molecular formula is C17H28N2OS. The highest BCUT2D eigenvalue weighted by atomic mass is 32.2. The van der Waals surface area contributed by atoms with Crippen LogP contribution in [0.15, 0.2) is 35.3 Å². The highest BCUT2D eigenvalue weighted by Crippen LogP contribution is 2.16. The summed E-state index contributed by atoms with van der Waals surface area (Å²) in [6.45, 7) is 10.8. The lowest BCUT2D eigenvalue weighted by Crippen LogP contribution is -2.39. The second-order valence-electron chi connectivity index (χ2n) is 4.52. The fourth-order valence-corrected chi connectivity index (χ4v) is 2.26. The zero-order chi connectivity index (χ0) is 16.1. The maximum Gasteiger partial charge on any atom is 0.229 e. The minimum absolute atomic E-state index is 0.0746. The van der Waals surface area contributed by atoms with Gasteiger partial charge in [0.05, 0.1) is 6.54 Å². The Kier molecular flexibility index (Phi) is 11.7. The van der Waals surface area contributed by atoms with Crippen LogP contribution in [-0.2, 0) is 11.3 Å². The summed E-state index contributed by atoms with van der Waals surface area (Å²) in [6, 6.07) is 10.0. The van der Waals surface area contributed by atoms with Crippen molar-refractivity contribution in [1.82, 2.24) is 5.32 Å². The molecule has 3 nitrogen and oxygen atoms in total. The minimum Gasteiger partial charge on any atom is -0.305 e. The van der Waals surface area contributed by atoms with Gasteiger partial charge >= 0.3 is 0 Å². The predicted molar refractivity (Wildman–Crippen MR) is 94.7 cm³/mol. The molecule has 1 atom stereocenters. The first-order valence-electron chi connectivity index (χ1n) is 7.69. The van der Waals surface area contributed by atoms with Gasteiger partial charge in [-0.1, -0.05) is 83.1 Å². The quantitative estimate of drug-likeness (QED) is 0.875. The van der Waals surface area contributed by atoms with Crippen molar-refractivity contribution in [2.45, 2.75) is 47.6 Å². The molecule has 0 bridgehead atoms. The maximum atomic E-state index is 11.4. The fourth-order valence-electron chi connectivity index (χ4n) is 1.38. The first kappa shape index (κ1) is 19.7. The van der Waals surface area contributed by atoms with Crippen LogP contribution < -0.4 is 5.32 Å². The van der Waals surface area contributed by atoms with Crippen LogP contribution in [0.25, 0.3) is 0 Å². The van der Waals surface area contributed by atoms with E-state index in [-0.39, 0.29) is 11.8 Å². The number of amidine groups is 1. The van der Waals surface area contributed by atoms with Crippen molar-refractivity contribution in [3.8, 4) is 0 Å². The standard InChI is InChI=1S/C12H14N2OS.C3H8.C2H6/c1-9-8-16-12(14-11(9)15)13-7-10-5-3-2-4-6-10;1-3-2;1-2/h2-6,9H,7-8H2,1H3,(H,13,14,15);3H2,1-2H3;1-2H3. The van der Waals surface area contributed by atoms with Gasteiger partial charge in [0, 0.05) is 11.7 Å². The molecule has 21 heavy (non-hydrogen) atoms. The van der Waals surface area contributed by atoms with Crippen LogP contribution in [0.2, 0.25) is 0 Å². The second-order valence-corrected chi connectivity index (χ2v) is 5.52. The van der Waals surface area contributed by atoms with E-state index in [9.17, 15) is 4.79 Å². The molecule has 2 rings (SSSR count). The number of amides is 1. The number of carbonyl (C=O) groups is 1. The lowest BCUT2D eigenvalue weighted by Gasteiger charge is -2.19. The third-order valence-electron chi connectivity index (χ3n) is 2.40. The molecule has 1 saturated heterocycles. The van der Waals surface area contributed by atoms with Crippen LogP contribution in [0.5, 0.6) is 0 Å². The Morgan fingerprint density at radius 1 is 1.24 bits per heavy atom. The highest BCUT2D eigenvalue weighted by molar-refractivity contribution is 8.14. The Labute approximate surface area is 133 Å². The van der Waals surface area contributed by atoms with E-state index >= 15 is 0 Å². The molecule has 1 N–H and O–H groups in total. The van der Waals surface area contributed by atoms with Gasteiger partial charge in [-0.3, -0.25) is 9.79 Å². The fraction of sp³-hybridized carbons (Fsp3) is 0.529. The monoisotopic (exact) mass is 308 g/mol. The molecule has 1 amide bonds. The topological polar surface area (TPSA) is 41.5 Å². The molecule has 0 aromatic heterocycles. The van der Waals surface area contributed by atoms with Crippen LogP contribution in [-0.4, -0.2) is 16.8 Å². The summed E-state index contributed by atoms with van der Waals surface area (Å²) < 4.78 is 0. The number of rotatable bonds is 2. The first-order chi connectivity index (χ1) is 10.2. The van der Waals surface area contributed by atoms with Gasteiger partial charge in [-0.25, -0.2) is 0 Å².